The van der Waals surface area contributed by atoms with Crippen molar-refractivity contribution in [2.75, 3.05) is 25.4 Å². The molecule has 0 saturated carbocycles. The van der Waals surface area contributed by atoms with Gasteiger partial charge in [0.1, 0.15) is 0 Å². The number of amides is 1. The Bertz CT molecular complexity index is 873. The van der Waals surface area contributed by atoms with Crippen LogP contribution in [0.2, 0.25) is 0 Å². The van der Waals surface area contributed by atoms with E-state index in [9.17, 15) is 18.0 Å². The van der Waals surface area contributed by atoms with E-state index in [2.05, 4.69) is 5.32 Å². The molecule has 2 aromatic carbocycles. The van der Waals surface area contributed by atoms with Crippen LogP contribution in [0.3, 0.4) is 0 Å². The van der Waals surface area contributed by atoms with Crippen LogP contribution in [0.15, 0.2) is 42.5 Å². The number of likely N-dealkylation sites (tertiary alicyclic amines) is 1. The molecule has 1 amide bonds. The van der Waals surface area contributed by atoms with Crippen molar-refractivity contribution >= 4 is 17.3 Å². The SMILES string of the molecule is Cc1cccc([N-]CCCCC2CCN(C(=O)c3ccc(C(F)(F)F)cc3)CC2)c1N. The predicted molar refractivity (Wildman–Crippen MR) is 117 cm³/mol. The van der Waals surface area contributed by atoms with E-state index in [1.165, 1.54) is 12.1 Å². The van der Waals surface area contributed by atoms with Crippen molar-refractivity contribution in [2.45, 2.75) is 45.2 Å². The van der Waals surface area contributed by atoms with Crippen molar-refractivity contribution < 1.29 is 18.0 Å². The molecule has 0 bridgehead atoms. The van der Waals surface area contributed by atoms with Crippen molar-refractivity contribution in [3.05, 3.63) is 64.5 Å². The second-order valence-electron chi connectivity index (χ2n) is 8.20. The Morgan fingerprint density at radius 3 is 2.42 bits per heavy atom. The number of hydrogen-bond acceptors (Lipinski definition) is 2. The molecule has 168 valence electrons. The van der Waals surface area contributed by atoms with Gasteiger partial charge in [-0.15, -0.1) is 12.2 Å². The number of benzene rings is 2. The van der Waals surface area contributed by atoms with E-state index in [1.54, 1.807) is 4.90 Å². The summed E-state index contributed by atoms with van der Waals surface area (Å²) in [6, 6.07) is 10.3. The first-order chi connectivity index (χ1) is 14.8. The average molecular weight is 433 g/mol. The lowest BCUT2D eigenvalue weighted by molar-refractivity contribution is -0.137. The minimum atomic E-state index is -4.39. The minimum absolute atomic E-state index is 0.193. The Morgan fingerprint density at radius 1 is 1.10 bits per heavy atom. The van der Waals surface area contributed by atoms with Gasteiger partial charge in [0.2, 0.25) is 0 Å². The van der Waals surface area contributed by atoms with Gasteiger partial charge in [-0.1, -0.05) is 37.5 Å². The van der Waals surface area contributed by atoms with E-state index in [4.69, 9.17) is 5.73 Å². The van der Waals surface area contributed by atoms with E-state index < -0.39 is 11.7 Å². The van der Waals surface area contributed by atoms with Crippen LogP contribution < -0.4 is 5.73 Å². The average Bonchev–Trinajstić information content (AvgIpc) is 2.76. The van der Waals surface area contributed by atoms with Gasteiger partial charge < -0.3 is 16.0 Å². The highest BCUT2D eigenvalue weighted by atomic mass is 19.4. The largest absolute Gasteiger partial charge is 0.683 e. The van der Waals surface area contributed by atoms with Crippen LogP contribution >= 0.6 is 0 Å². The normalized spacial score (nSPS) is 15.2. The summed E-state index contributed by atoms with van der Waals surface area (Å²) in [6.07, 6.45) is 0.633. The van der Waals surface area contributed by atoms with Gasteiger partial charge in [-0.05, 0) is 55.5 Å². The monoisotopic (exact) mass is 432 g/mol. The van der Waals surface area contributed by atoms with Gasteiger partial charge in [0.25, 0.3) is 5.91 Å². The third-order valence-electron chi connectivity index (χ3n) is 5.96. The first-order valence-electron chi connectivity index (χ1n) is 10.7. The number of para-hydroxylation sites is 1. The fourth-order valence-electron chi connectivity index (χ4n) is 3.96. The molecule has 7 heteroatoms. The Morgan fingerprint density at radius 2 is 1.77 bits per heavy atom. The molecule has 1 heterocycles. The number of anilines is 1. The summed E-state index contributed by atoms with van der Waals surface area (Å²) >= 11 is 0. The molecular formula is C24H29F3N3O-. The fraction of sp³-hybridized carbons (Fsp3) is 0.458. The van der Waals surface area contributed by atoms with E-state index in [1.807, 2.05) is 25.1 Å². The van der Waals surface area contributed by atoms with Crippen molar-refractivity contribution in [3.8, 4) is 0 Å². The quantitative estimate of drug-likeness (QED) is 0.411. The third kappa shape index (κ3) is 6.15. The first kappa shape index (κ1) is 23.0. The van der Waals surface area contributed by atoms with Crippen LogP contribution in [0.4, 0.5) is 24.5 Å². The number of rotatable bonds is 7. The highest BCUT2D eigenvalue weighted by Crippen LogP contribution is 2.31. The van der Waals surface area contributed by atoms with Crippen LogP contribution in [0.5, 0.6) is 0 Å². The number of piperidine rings is 1. The number of nitrogens with zero attached hydrogens (tertiary/aromatic N) is 2. The topological polar surface area (TPSA) is 60.4 Å². The van der Waals surface area contributed by atoms with Crippen LogP contribution in [0, 0.1) is 12.8 Å². The molecule has 3 rings (SSSR count). The fourth-order valence-corrected chi connectivity index (χ4v) is 3.96. The smallest absolute Gasteiger partial charge is 0.416 e. The van der Waals surface area contributed by atoms with Crippen molar-refractivity contribution in [1.29, 1.82) is 0 Å². The maximum atomic E-state index is 12.7. The van der Waals surface area contributed by atoms with Crippen molar-refractivity contribution in [3.63, 3.8) is 0 Å². The van der Waals surface area contributed by atoms with Gasteiger partial charge in [0.05, 0.1) is 5.56 Å². The van der Waals surface area contributed by atoms with Gasteiger partial charge in [-0.25, -0.2) is 0 Å². The molecule has 1 aliphatic heterocycles. The molecule has 0 aliphatic carbocycles. The molecule has 0 aromatic heterocycles. The molecule has 0 spiro atoms. The molecule has 0 atom stereocenters. The number of unbranched alkanes of at least 4 members (excludes halogenated alkanes) is 1. The summed E-state index contributed by atoms with van der Waals surface area (Å²) in [4.78, 5) is 14.3. The van der Waals surface area contributed by atoms with Gasteiger partial charge in [0, 0.05) is 24.3 Å². The number of carbonyl (C=O) groups is 1. The Labute approximate surface area is 181 Å². The number of hydrogen-bond donors (Lipinski definition) is 1. The van der Waals surface area contributed by atoms with Crippen molar-refractivity contribution in [1.82, 2.24) is 4.90 Å². The molecular weight excluding hydrogens is 403 g/mol. The van der Waals surface area contributed by atoms with Crippen LogP contribution in [0.1, 0.15) is 53.6 Å². The van der Waals surface area contributed by atoms with Crippen molar-refractivity contribution in [2.24, 2.45) is 5.92 Å². The summed E-state index contributed by atoms with van der Waals surface area (Å²) in [7, 11) is 0. The lowest BCUT2D eigenvalue weighted by Gasteiger charge is -2.32. The Balaban J connectivity index is 1.36. The van der Waals surface area contributed by atoms with E-state index in [0.29, 0.717) is 24.6 Å². The maximum Gasteiger partial charge on any atom is 0.416 e. The molecule has 31 heavy (non-hydrogen) atoms. The lowest BCUT2D eigenvalue weighted by Crippen LogP contribution is -2.38. The second kappa shape index (κ2) is 10.1. The van der Waals surface area contributed by atoms with E-state index in [-0.39, 0.29) is 5.91 Å². The Kier molecular flexibility index (Phi) is 7.46. The van der Waals surface area contributed by atoms with Gasteiger partial charge in [-0.3, -0.25) is 4.79 Å². The van der Waals surface area contributed by atoms with E-state index in [0.717, 1.165) is 67.7 Å². The number of nitrogen functional groups attached to an aromatic ring is 1. The second-order valence-corrected chi connectivity index (χ2v) is 8.20. The summed E-state index contributed by atoms with van der Waals surface area (Å²) in [5.74, 6) is 0.377. The van der Waals surface area contributed by atoms with E-state index >= 15 is 0 Å². The standard InChI is InChI=1S/C24H29F3N3O/c1-17-5-4-7-21(22(17)28)29-14-3-2-6-18-12-15-30(16-13-18)23(31)19-8-10-20(11-9-19)24(25,26)27/h4-5,7-11,18H,2-3,6,12-16,28H2,1H3/q-1. The molecule has 2 N–H and O–H groups in total. The number of alkyl halides is 3. The van der Waals surface area contributed by atoms with Gasteiger partial charge in [0.15, 0.2) is 0 Å². The summed E-state index contributed by atoms with van der Waals surface area (Å²) in [5.41, 5.74) is 8.26. The number of nitrogens with two attached hydrogens (primary N) is 1. The highest BCUT2D eigenvalue weighted by Gasteiger charge is 2.30. The number of aryl methyl sites for hydroxylation is 1. The molecule has 1 aliphatic rings. The predicted octanol–water partition coefficient (Wildman–Crippen LogP) is 6.32. The zero-order chi connectivity index (χ0) is 22.4. The molecule has 0 unspecified atom stereocenters. The summed E-state index contributed by atoms with van der Waals surface area (Å²) in [6.45, 7) is 4.02. The molecule has 1 fully saturated rings. The lowest BCUT2D eigenvalue weighted by atomic mass is 9.91. The zero-order valence-electron chi connectivity index (χ0n) is 17.8. The van der Waals surface area contributed by atoms with Crippen LogP contribution in [-0.4, -0.2) is 30.4 Å². The molecule has 2 aromatic rings. The minimum Gasteiger partial charge on any atom is -0.683 e. The number of carbonyl (C=O) groups excluding carboxylic acids is 1. The third-order valence-corrected chi connectivity index (χ3v) is 5.96. The molecule has 1 saturated heterocycles. The zero-order valence-corrected chi connectivity index (χ0v) is 17.8. The molecule has 4 nitrogen and oxygen atoms in total. The summed E-state index contributed by atoms with van der Waals surface area (Å²) < 4.78 is 38.0. The van der Waals surface area contributed by atoms with Gasteiger partial charge >= 0.3 is 6.18 Å². The highest BCUT2D eigenvalue weighted by molar-refractivity contribution is 5.94. The molecule has 0 radical (unpaired) electrons. The maximum absolute atomic E-state index is 12.7. The summed E-state index contributed by atoms with van der Waals surface area (Å²) in [5, 5.41) is 4.59. The first-order valence-corrected chi connectivity index (χ1v) is 10.7. The van der Waals surface area contributed by atoms with Crippen LogP contribution in [-0.2, 0) is 6.18 Å². The van der Waals surface area contributed by atoms with Crippen LogP contribution in [0.25, 0.3) is 5.32 Å². The number of halogens is 3. The van der Waals surface area contributed by atoms with Gasteiger partial charge in [-0.2, -0.15) is 13.2 Å². The Hall–Kier alpha value is -2.70.